The molecule has 86 valence electrons. The second-order valence-electron chi connectivity index (χ2n) is 3.89. The minimum absolute atomic E-state index is 0.130. The van der Waals surface area contributed by atoms with E-state index in [1.165, 1.54) is 6.07 Å². The zero-order valence-corrected chi connectivity index (χ0v) is 9.47. The summed E-state index contributed by atoms with van der Waals surface area (Å²) in [6.07, 6.45) is 0.737. The first-order valence-corrected chi connectivity index (χ1v) is 5.59. The maximum absolute atomic E-state index is 13.5. The Morgan fingerprint density at radius 2 is 2.31 bits per heavy atom. The zero-order chi connectivity index (χ0) is 11.5. The molecule has 0 saturated carbocycles. The molecule has 0 unspecified atom stereocenters. The Hall–Kier alpha value is -0.930. The predicted molar refractivity (Wildman–Crippen MR) is 59.0 cm³/mol. The molecule has 1 atom stereocenters. The maximum atomic E-state index is 13.5. The molecule has 1 aromatic carbocycles. The van der Waals surface area contributed by atoms with E-state index in [9.17, 15) is 9.18 Å². The van der Waals surface area contributed by atoms with Gasteiger partial charge in [-0.1, -0.05) is 17.7 Å². The van der Waals surface area contributed by atoms with Crippen LogP contribution in [0.5, 0.6) is 0 Å². The second-order valence-corrected chi connectivity index (χ2v) is 4.30. The van der Waals surface area contributed by atoms with Crippen LogP contribution in [0.25, 0.3) is 0 Å². The van der Waals surface area contributed by atoms with E-state index in [4.69, 9.17) is 16.3 Å². The van der Waals surface area contributed by atoms with Gasteiger partial charge < -0.3 is 4.74 Å². The number of carbonyl (C=O) groups excluding carboxylic acids is 1. The maximum Gasteiger partial charge on any atom is 0.140 e. The molecule has 0 aliphatic carbocycles. The Morgan fingerprint density at radius 1 is 1.50 bits per heavy atom. The monoisotopic (exact) mass is 242 g/mol. The molecule has 1 aliphatic rings. The Balaban J connectivity index is 2.16. The van der Waals surface area contributed by atoms with Gasteiger partial charge in [0.15, 0.2) is 0 Å². The molecule has 0 bridgehead atoms. The van der Waals surface area contributed by atoms with E-state index in [1.807, 2.05) is 0 Å². The van der Waals surface area contributed by atoms with E-state index >= 15 is 0 Å². The number of ketones is 1. The number of hydrogen-bond acceptors (Lipinski definition) is 2. The Labute approximate surface area is 98.4 Å². The van der Waals surface area contributed by atoms with Crippen LogP contribution in [0.15, 0.2) is 18.2 Å². The van der Waals surface area contributed by atoms with Crippen LogP contribution < -0.4 is 0 Å². The van der Waals surface area contributed by atoms with E-state index in [-0.39, 0.29) is 17.5 Å². The van der Waals surface area contributed by atoms with Gasteiger partial charge in [0.2, 0.25) is 0 Å². The van der Waals surface area contributed by atoms with E-state index in [0.29, 0.717) is 36.6 Å². The number of halogens is 2. The summed E-state index contributed by atoms with van der Waals surface area (Å²) in [6.45, 7) is 0.837. The third-order valence-electron chi connectivity index (χ3n) is 2.78. The van der Waals surface area contributed by atoms with Crippen molar-refractivity contribution in [3.05, 3.63) is 34.6 Å². The Morgan fingerprint density at radius 3 is 3.00 bits per heavy atom. The van der Waals surface area contributed by atoms with E-state index in [1.54, 1.807) is 12.1 Å². The number of hydrogen-bond donors (Lipinski definition) is 0. The molecule has 2 rings (SSSR count). The third kappa shape index (κ3) is 2.42. The minimum Gasteiger partial charge on any atom is -0.380 e. The quantitative estimate of drug-likeness (QED) is 0.797. The van der Waals surface area contributed by atoms with Crippen LogP contribution in [-0.4, -0.2) is 19.0 Å². The molecular weight excluding hydrogens is 231 g/mol. The first-order chi connectivity index (χ1) is 7.68. The summed E-state index contributed by atoms with van der Waals surface area (Å²) in [6, 6.07) is 4.55. The number of carbonyl (C=O) groups is 1. The molecule has 1 heterocycles. The fourth-order valence-corrected chi connectivity index (χ4v) is 2.08. The van der Waals surface area contributed by atoms with Gasteiger partial charge in [-0.2, -0.15) is 0 Å². The van der Waals surface area contributed by atoms with E-state index < -0.39 is 0 Å². The van der Waals surface area contributed by atoms with Crippen molar-refractivity contribution in [2.45, 2.75) is 12.8 Å². The fourth-order valence-electron chi connectivity index (χ4n) is 1.84. The summed E-state index contributed by atoms with van der Waals surface area (Å²) in [7, 11) is 0. The standard InChI is InChI=1S/C12H12ClFO2/c13-10-2-1-3-11(14)9(10)6-8-7-16-5-4-12(8)15/h1-3,8H,4-7H2/t8-/m1/s1. The molecule has 0 N–H and O–H groups in total. The Kier molecular flexibility index (Phi) is 3.56. The van der Waals surface area contributed by atoms with Crippen LogP contribution in [0, 0.1) is 11.7 Å². The molecule has 1 saturated heterocycles. The molecule has 16 heavy (non-hydrogen) atoms. The molecule has 0 amide bonds. The summed E-state index contributed by atoms with van der Waals surface area (Å²) in [5.41, 5.74) is 0.410. The minimum atomic E-state index is -0.356. The molecule has 0 radical (unpaired) electrons. The molecule has 1 aromatic rings. The summed E-state index contributed by atoms with van der Waals surface area (Å²) < 4.78 is 18.7. The molecule has 0 spiro atoms. The SMILES string of the molecule is O=C1CCOC[C@H]1Cc1c(F)cccc1Cl. The van der Waals surface area contributed by atoms with Gasteiger partial charge in [0, 0.05) is 22.9 Å². The van der Waals surface area contributed by atoms with Crippen molar-refractivity contribution >= 4 is 17.4 Å². The molecular formula is C12H12ClFO2. The fraction of sp³-hybridized carbons (Fsp3) is 0.417. The van der Waals surface area contributed by atoms with Crippen LogP contribution in [0.4, 0.5) is 4.39 Å². The number of Topliss-reactive ketones (excluding diaryl/α,β-unsaturated/α-hetero) is 1. The van der Waals surface area contributed by atoms with Crippen LogP contribution in [-0.2, 0) is 16.0 Å². The van der Waals surface area contributed by atoms with Gasteiger partial charge in [-0.15, -0.1) is 0 Å². The predicted octanol–water partition coefficient (Wildman–Crippen LogP) is 2.63. The summed E-state index contributed by atoms with van der Waals surface area (Å²) in [5, 5.41) is 0.373. The van der Waals surface area contributed by atoms with E-state index in [2.05, 4.69) is 0 Å². The van der Waals surface area contributed by atoms with Gasteiger partial charge in [-0.3, -0.25) is 4.79 Å². The van der Waals surface area contributed by atoms with Crippen molar-refractivity contribution in [2.24, 2.45) is 5.92 Å². The van der Waals surface area contributed by atoms with E-state index in [0.717, 1.165) is 0 Å². The smallest absolute Gasteiger partial charge is 0.140 e. The Bertz CT molecular complexity index is 386. The van der Waals surface area contributed by atoms with Crippen LogP contribution in [0.2, 0.25) is 5.02 Å². The highest BCUT2D eigenvalue weighted by molar-refractivity contribution is 6.31. The van der Waals surface area contributed by atoms with Gasteiger partial charge >= 0.3 is 0 Å². The van der Waals surface area contributed by atoms with Crippen molar-refractivity contribution < 1.29 is 13.9 Å². The van der Waals surface area contributed by atoms with Crippen molar-refractivity contribution in [3.8, 4) is 0 Å². The molecule has 0 aromatic heterocycles. The van der Waals surface area contributed by atoms with Gasteiger partial charge in [-0.05, 0) is 18.6 Å². The topological polar surface area (TPSA) is 26.3 Å². The number of benzene rings is 1. The highest BCUT2D eigenvalue weighted by Gasteiger charge is 2.24. The van der Waals surface area contributed by atoms with Crippen molar-refractivity contribution in [2.75, 3.05) is 13.2 Å². The van der Waals surface area contributed by atoms with Crippen molar-refractivity contribution in [1.29, 1.82) is 0 Å². The average molecular weight is 243 g/mol. The molecule has 1 aliphatic heterocycles. The zero-order valence-electron chi connectivity index (χ0n) is 8.71. The van der Waals surface area contributed by atoms with Crippen LogP contribution >= 0.6 is 11.6 Å². The lowest BCUT2D eigenvalue weighted by Gasteiger charge is -2.21. The van der Waals surface area contributed by atoms with Crippen molar-refractivity contribution in [3.63, 3.8) is 0 Å². The van der Waals surface area contributed by atoms with Gasteiger partial charge in [-0.25, -0.2) is 4.39 Å². The number of rotatable bonds is 2. The lowest BCUT2D eigenvalue weighted by Crippen LogP contribution is -2.29. The summed E-state index contributed by atoms with van der Waals surface area (Å²) in [4.78, 5) is 11.6. The van der Waals surface area contributed by atoms with Gasteiger partial charge in [0.05, 0.1) is 13.2 Å². The van der Waals surface area contributed by atoms with Gasteiger partial charge in [0.1, 0.15) is 11.6 Å². The second kappa shape index (κ2) is 4.93. The van der Waals surface area contributed by atoms with Crippen molar-refractivity contribution in [1.82, 2.24) is 0 Å². The van der Waals surface area contributed by atoms with Crippen LogP contribution in [0.1, 0.15) is 12.0 Å². The summed E-state index contributed by atoms with van der Waals surface area (Å²) in [5.74, 6) is -0.486. The van der Waals surface area contributed by atoms with Gasteiger partial charge in [0.25, 0.3) is 0 Å². The average Bonchev–Trinajstić information content (AvgIpc) is 2.26. The lowest BCUT2D eigenvalue weighted by atomic mass is 9.93. The molecule has 1 fully saturated rings. The largest absolute Gasteiger partial charge is 0.380 e. The number of ether oxygens (including phenoxy) is 1. The normalized spacial score (nSPS) is 21.1. The first kappa shape index (κ1) is 11.6. The summed E-state index contributed by atoms with van der Waals surface area (Å²) >= 11 is 5.90. The highest BCUT2D eigenvalue weighted by Crippen LogP contribution is 2.24. The van der Waals surface area contributed by atoms with Crippen LogP contribution in [0.3, 0.4) is 0 Å². The molecule has 2 nitrogen and oxygen atoms in total. The molecule has 4 heteroatoms. The lowest BCUT2D eigenvalue weighted by molar-refractivity contribution is -0.130. The third-order valence-corrected chi connectivity index (χ3v) is 3.13. The first-order valence-electron chi connectivity index (χ1n) is 5.22. The highest BCUT2D eigenvalue weighted by atomic mass is 35.5.